The fraction of sp³-hybridized carbons (Fsp3) is 0.444. The summed E-state index contributed by atoms with van der Waals surface area (Å²) >= 11 is 1.67. The summed E-state index contributed by atoms with van der Waals surface area (Å²) in [6, 6.07) is 8.30. The van der Waals surface area contributed by atoms with Gasteiger partial charge in [-0.25, -0.2) is 4.98 Å². The van der Waals surface area contributed by atoms with Crippen LogP contribution >= 0.6 is 11.3 Å². The van der Waals surface area contributed by atoms with Crippen LogP contribution in [0.1, 0.15) is 5.56 Å². The third-order valence-electron chi connectivity index (χ3n) is 7.49. The SMILES string of the molecule is c1cc(-n2cnc3c(NCCN4CCOCC4)nc(N4CCN(Cc5ccc6c(c5)OCO6)CC4)nc32)cs1. The second kappa shape index (κ2) is 11.0. The van der Waals surface area contributed by atoms with Gasteiger partial charge in [0, 0.05) is 64.3 Å². The highest BCUT2D eigenvalue weighted by atomic mass is 32.1. The summed E-state index contributed by atoms with van der Waals surface area (Å²) in [5, 5.41) is 7.76. The maximum absolute atomic E-state index is 5.56. The molecule has 4 aromatic rings. The maximum Gasteiger partial charge on any atom is 0.231 e. The summed E-state index contributed by atoms with van der Waals surface area (Å²) in [4.78, 5) is 21.9. The lowest BCUT2D eigenvalue weighted by atomic mass is 10.1. The number of rotatable bonds is 8. The van der Waals surface area contributed by atoms with E-state index in [-0.39, 0.29) is 0 Å². The van der Waals surface area contributed by atoms with E-state index in [1.54, 1.807) is 11.3 Å². The third-order valence-corrected chi connectivity index (χ3v) is 8.16. The fourth-order valence-corrected chi connectivity index (χ4v) is 5.93. The molecule has 11 nitrogen and oxygen atoms in total. The molecule has 0 radical (unpaired) electrons. The molecule has 7 rings (SSSR count). The van der Waals surface area contributed by atoms with Crippen LogP contribution in [0.3, 0.4) is 0 Å². The number of nitrogens with zero attached hydrogens (tertiary/aromatic N) is 7. The number of hydrogen-bond acceptors (Lipinski definition) is 11. The van der Waals surface area contributed by atoms with Crippen molar-refractivity contribution in [1.29, 1.82) is 0 Å². The molecule has 0 unspecified atom stereocenters. The van der Waals surface area contributed by atoms with E-state index in [1.807, 2.05) is 12.4 Å². The predicted octanol–water partition coefficient (Wildman–Crippen LogP) is 2.67. The zero-order valence-corrected chi connectivity index (χ0v) is 22.6. The molecule has 0 spiro atoms. The molecule has 204 valence electrons. The highest BCUT2D eigenvalue weighted by molar-refractivity contribution is 7.08. The molecule has 2 saturated heterocycles. The molecule has 6 heterocycles. The van der Waals surface area contributed by atoms with E-state index < -0.39 is 0 Å². The van der Waals surface area contributed by atoms with Gasteiger partial charge in [0.05, 0.1) is 18.9 Å². The zero-order chi connectivity index (χ0) is 26.0. The van der Waals surface area contributed by atoms with Crippen molar-refractivity contribution < 1.29 is 14.2 Å². The van der Waals surface area contributed by atoms with Crippen LogP contribution in [0.5, 0.6) is 11.5 Å². The number of imidazole rings is 1. The largest absolute Gasteiger partial charge is 0.454 e. The first-order valence-electron chi connectivity index (χ1n) is 13.5. The minimum atomic E-state index is 0.303. The van der Waals surface area contributed by atoms with Gasteiger partial charge in [-0.3, -0.25) is 14.4 Å². The normalized spacial score (nSPS) is 18.2. The highest BCUT2D eigenvalue weighted by Gasteiger charge is 2.23. The van der Waals surface area contributed by atoms with Gasteiger partial charge in [0.1, 0.15) is 6.33 Å². The van der Waals surface area contributed by atoms with Crippen molar-refractivity contribution in [1.82, 2.24) is 29.3 Å². The average molecular weight is 549 g/mol. The first-order chi connectivity index (χ1) is 19.3. The lowest BCUT2D eigenvalue weighted by molar-refractivity contribution is 0.0398. The van der Waals surface area contributed by atoms with Crippen molar-refractivity contribution in [3.63, 3.8) is 0 Å². The van der Waals surface area contributed by atoms with Crippen LogP contribution < -0.4 is 19.7 Å². The van der Waals surface area contributed by atoms with Crippen LogP contribution in [0, 0.1) is 0 Å². The van der Waals surface area contributed by atoms with E-state index in [0.717, 1.165) is 112 Å². The molecule has 0 aliphatic carbocycles. The first-order valence-corrected chi connectivity index (χ1v) is 14.4. The van der Waals surface area contributed by atoms with Crippen molar-refractivity contribution >= 4 is 34.3 Å². The number of hydrogen-bond donors (Lipinski definition) is 1. The average Bonchev–Trinajstić information content (AvgIpc) is 3.75. The number of anilines is 2. The fourth-order valence-electron chi connectivity index (χ4n) is 5.30. The zero-order valence-electron chi connectivity index (χ0n) is 21.8. The summed E-state index contributed by atoms with van der Waals surface area (Å²) < 4.78 is 18.6. The number of nitrogens with one attached hydrogen (secondary N) is 1. The van der Waals surface area contributed by atoms with Crippen LogP contribution in [-0.2, 0) is 11.3 Å². The lowest BCUT2D eigenvalue weighted by Gasteiger charge is -2.35. The van der Waals surface area contributed by atoms with Crippen molar-refractivity contribution in [3.8, 4) is 17.2 Å². The number of benzene rings is 1. The molecular formula is C27H32N8O3S. The number of aromatic nitrogens is 4. The van der Waals surface area contributed by atoms with Crippen LogP contribution in [0.15, 0.2) is 41.4 Å². The molecule has 2 fully saturated rings. The third kappa shape index (κ3) is 5.24. The van der Waals surface area contributed by atoms with Crippen molar-refractivity contribution in [2.75, 3.05) is 82.6 Å². The van der Waals surface area contributed by atoms with Gasteiger partial charge in [0.15, 0.2) is 28.5 Å². The second-order valence-corrected chi connectivity index (χ2v) is 10.8. The number of morpholine rings is 1. The molecular weight excluding hydrogens is 516 g/mol. The Morgan fingerprint density at radius 1 is 0.923 bits per heavy atom. The van der Waals surface area contributed by atoms with Gasteiger partial charge in [-0.2, -0.15) is 21.3 Å². The van der Waals surface area contributed by atoms with Gasteiger partial charge in [-0.05, 0) is 29.1 Å². The van der Waals surface area contributed by atoms with E-state index in [2.05, 4.69) is 53.5 Å². The van der Waals surface area contributed by atoms with Crippen LogP contribution in [0.4, 0.5) is 11.8 Å². The molecule has 0 atom stereocenters. The molecule has 1 aromatic carbocycles. The van der Waals surface area contributed by atoms with Crippen LogP contribution in [0.25, 0.3) is 16.9 Å². The number of fused-ring (bicyclic) bond motifs is 2. The molecule has 3 aliphatic heterocycles. The summed E-state index contributed by atoms with van der Waals surface area (Å²) in [5.41, 5.74) is 3.93. The number of thiophene rings is 1. The quantitative estimate of drug-likeness (QED) is 0.354. The minimum absolute atomic E-state index is 0.303. The van der Waals surface area contributed by atoms with E-state index >= 15 is 0 Å². The minimum Gasteiger partial charge on any atom is -0.454 e. The van der Waals surface area contributed by atoms with E-state index in [4.69, 9.17) is 29.2 Å². The topological polar surface area (TPSA) is 93.0 Å². The van der Waals surface area contributed by atoms with E-state index in [0.29, 0.717) is 6.79 Å². The van der Waals surface area contributed by atoms with Gasteiger partial charge in [0.2, 0.25) is 12.7 Å². The van der Waals surface area contributed by atoms with Crippen LogP contribution in [-0.4, -0.2) is 102 Å². The van der Waals surface area contributed by atoms with Gasteiger partial charge in [0.25, 0.3) is 0 Å². The lowest BCUT2D eigenvalue weighted by Crippen LogP contribution is -2.46. The standard InChI is InChI=1S/C27H32N8O3S/c1-2-22-23(38-19-37-22)15-20(1)16-33-6-8-34(9-7-33)27-30-25(28-4-5-32-10-12-36-13-11-32)24-26(31-27)35(18-29-24)21-3-14-39-17-21/h1-3,14-15,17-18H,4-13,16,19H2,(H,28,30,31). The molecule has 3 aromatic heterocycles. The van der Waals surface area contributed by atoms with E-state index in [1.165, 1.54) is 5.56 Å². The molecule has 0 saturated carbocycles. The Morgan fingerprint density at radius 3 is 2.64 bits per heavy atom. The highest BCUT2D eigenvalue weighted by Crippen LogP contribution is 2.33. The Labute approximate surface area is 230 Å². The predicted molar refractivity (Wildman–Crippen MR) is 150 cm³/mol. The number of ether oxygens (including phenoxy) is 3. The second-order valence-electron chi connectivity index (χ2n) is 9.97. The Balaban J connectivity index is 1.08. The van der Waals surface area contributed by atoms with E-state index in [9.17, 15) is 0 Å². The monoisotopic (exact) mass is 548 g/mol. The summed E-state index contributed by atoms with van der Waals surface area (Å²) in [6.07, 6.45) is 1.85. The molecule has 39 heavy (non-hydrogen) atoms. The maximum atomic E-state index is 5.56. The van der Waals surface area contributed by atoms with Crippen molar-refractivity contribution in [2.45, 2.75) is 6.54 Å². The Bertz CT molecular complexity index is 1410. The molecule has 12 heteroatoms. The van der Waals surface area contributed by atoms with Gasteiger partial charge < -0.3 is 24.4 Å². The van der Waals surface area contributed by atoms with Gasteiger partial charge >= 0.3 is 0 Å². The van der Waals surface area contributed by atoms with Gasteiger partial charge in [-0.1, -0.05) is 6.07 Å². The first kappa shape index (κ1) is 24.6. The summed E-state index contributed by atoms with van der Waals surface area (Å²) in [5.74, 6) is 3.20. The molecule has 0 amide bonds. The Hall–Kier alpha value is -3.45. The van der Waals surface area contributed by atoms with Crippen molar-refractivity contribution in [3.05, 3.63) is 46.9 Å². The Morgan fingerprint density at radius 2 is 1.79 bits per heavy atom. The molecule has 1 N–H and O–H groups in total. The van der Waals surface area contributed by atoms with Crippen LogP contribution in [0.2, 0.25) is 0 Å². The molecule has 0 bridgehead atoms. The van der Waals surface area contributed by atoms with Gasteiger partial charge in [-0.15, -0.1) is 0 Å². The Kier molecular flexibility index (Phi) is 6.91. The summed E-state index contributed by atoms with van der Waals surface area (Å²) in [6.45, 7) is 10.0. The van der Waals surface area contributed by atoms with Crippen molar-refractivity contribution in [2.24, 2.45) is 0 Å². The smallest absolute Gasteiger partial charge is 0.231 e. The number of piperazine rings is 1. The molecule has 3 aliphatic rings. The summed E-state index contributed by atoms with van der Waals surface area (Å²) in [7, 11) is 0.